The van der Waals surface area contributed by atoms with Gasteiger partial charge in [-0.2, -0.15) is 0 Å². The molecule has 0 aromatic heterocycles. The third-order valence-electron chi connectivity index (χ3n) is 9.50. The summed E-state index contributed by atoms with van der Waals surface area (Å²) in [5, 5.41) is 17.0. The zero-order chi connectivity index (χ0) is 31.1. The van der Waals surface area contributed by atoms with Crippen LogP contribution in [0.4, 0.5) is 0 Å². The van der Waals surface area contributed by atoms with Gasteiger partial charge in [0.05, 0.1) is 13.2 Å². The van der Waals surface area contributed by atoms with E-state index in [4.69, 9.17) is 9.47 Å². The summed E-state index contributed by atoms with van der Waals surface area (Å²) < 4.78 is 10.6. The van der Waals surface area contributed by atoms with Crippen molar-refractivity contribution in [1.29, 1.82) is 0 Å². The Morgan fingerprint density at radius 1 is 1.07 bits per heavy atom. The molecule has 3 aliphatic heterocycles. The minimum atomic E-state index is -0.913. The Labute approximate surface area is 260 Å². The normalized spacial score (nSPS) is 21.6. The number of aliphatic hydroxyl groups is 1. The molecule has 1 spiro atoms. The highest BCUT2D eigenvalue weighted by Gasteiger charge is 2.55. The monoisotopic (exact) mass is 606 g/mol. The van der Waals surface area contributed by atoms with Gasteiger partial charge in [-0.1, -0.05) is 37.6 Å². The third kappa shape index (κ3) is 7.08. The Morgan fingerprint density at radius 2 is 1.73 bits per heavy atom. The number of benzene rings is 2. The average molecular weight is 607 g/mol. The van der Waals surface area contributed by atoms with Crippen molar-refractivity contribution in [3.8, 4) is 5.75 Å². The summed E-state index contributed by atoms with van der Waals surface area (Å²) >= 11 is 0. The van der Waals surface area contributed by atoms with Crippen LogP contribution in [0, 0.1) is 5.92 Å². The lowest BCUT2D eigenvalue weighted by Crippen LogP contribution is -2.75. The molecule has 3 N–H and O–H groups in total. The van der Waals surface area contributed by atoms with E-state index in [1.807, 2.05) is 48.5 Å². The van der Waals surface area contributed by atoms with E-state index in [-0.39, 0.29) is 23.6 Å². The summed E-state index contributed by atoms with van der Waals surface area (Å²) in [6.45, 7) is 6.18. The van der Waals surface area contributed by atoms with E-state index in [9.17, 15) is 19.5 Å². The molecule has 10 heteroatoms. The van der Waals surface area contributed by atoms with Gasteiger partial charge in [0.1, 0.15) is 17.3 Å². The highest BCUT2D eigenvalue weighted by atomic mass is 16.5. The number of aliphatic hydroxyl groups excluding tert-OH is 1. The Balaban J connectivity index is 1.17. The Kier molecular flexibility index (Phi) is 10.6. The highest BCUT2D eigenvalue weighted by molar-refractivity contribution is 6.00. The van der Waals surface area contributed by atoms with Crippen LogP contribution in [0.25, 0.3) is 0 Å². The van der Waals surface area contributed by atoms with Crippen molar-refractivity contribution in [2.24, 2.45) is 5.92 Å². The molecular weight excluding hydrogens is 560 g/mol. The molecule has 0 radical (unpaired) electrons. The maximum atomic E-state index is 13.8. The molecule has 0 aliphatic carbocycles. The second kappa shape index (κ2) is 14.5. The molecule has 2 aromatic carbocycles. The van der Waals surface area contributed by atoms with E-state index in [1.165, 1.54) is 0 Å². The number of unbranched alkanes of at least 4 members (excludes halogenated alkanes) is 1. The number of piperazine rings is 1. The van der Waals surface area contributed by atoms with Crippen LogP contribution in [0.2, 0.25) is 0 Å². The van der Waals surface area contributed by atoms with Crippen LogP contribution in [0.1, 0.15) is 66.9 Å². The van der Waals surface area contributed by atoms with Crippen molar-refractivity contribution in [2.45, 2.75) is 76.2 Å². The number of nitrogens with one attached hydrogen (secondary N) is 2. The van der Waals surface area contributed by atoms with Crippen molar-refractivity contribution in [1.82, 2.24) is 20.4 Å². The minimum absolute atomic E-state index is 0.0622. The standard InChI is InChI=1S/C34H46N4O6/c1-3-4-17-38-32(41)29(30(39)26-13-20-44-21-14-26)36-33(42)34(38)15-18-37(19-16-34)23-25-5-9-27(10-6-25)31(40)35-22-24-7-11-28(43-2)12-8-24/h5-12,26,29-30,39H,3-4,13-23H2,1-2H3,(H,35,40)(H,36,42)/t29-,30-/m1/s1. The maximum absolute atomic E-state index is 13.8. The molecule has 3 aliphatic rings. The molecule has 2 aromatic rings. The van der Waals surface area contributed by atoms with Crippen molar-refractivity contribution in [3.05, 3.63) is 65.2 Å². The van der Waals surface area contributed by atoms with Crippen LogP contribution in [0.3, 0.4) is 0 Å². The number of hydrogen-bond donors (Lipinski definition) is 3. The molecule has 5 rings (SSSR count). The first-order valence-electron chi connectivity index (χ1n) is 16.0. The Morgan fingerprint density at radius 3 is 2.36 bits per heavy atom. The molecular formula is C34H46N4O6. The predicted molar refractivity (Wildman–Crippen MR) is 166 cm³/mol. The van der Waals surface area contributed by atoms with Crippen LogP contribution in [0.5, 0.6) is 5.75 Å². The van der Waals surface area contributed by atoms with Crippen LogP contribution >= 0.6 is 0 Å². The molecule has 3 heterocycles. The molecule has 0 unspecified atom stereocenters. The number of hydrogen-bond acceptors (Lipinski definition) is 7. The fourth-order valence-corrected chi connectivity index (χ4v) is 6.67. The summed E-state index contributed by atoms with van der Waals surface area (Å²) in [6.07, 6.45) is 3.27. The van der Waals surface area contributed by atoms with Gasteiger partial charge in [-0.3, -0.25) is 19.3 Å². The molecule has 238 valence electrons. The van der Waals surface area contributed by atoms with E-state index in [0.29, 0.717) is 77.2 Å². The zero-order valence-corrected chi connectivity index (χ0v) is 25.9. The molecule has 3 fully saturated rings. The lowest BCUT2D eigenvalue weighted by Gasteiger charge is -2.52. The van der Waals surface area contributed by atoms with Gasteiger partial charge in [0.2, 0.25) is 11.8 Å². The fraction of sp³-hybridized carbons (Fsp3) is 0.559. The van der Waals surface area contributed by atoms with Crippen LogP contribution in [-0.4, -0.2) is 90.3 Å². The van der Waals surface area contributed by atoms with Gasteiger partial charge in [-0.05, 0) is 73.4 Å². The first kappa shape index (κ1) is 31.9. The number of likely N-dealkylation sites (tertiary alicyclic amines) is 1. The second-order valence-electron chi connectivity index (χ2n) is 12.3. The van der Waals surface area contributed by atoms with E-state index < -0.39 is 17.7 Å². The Bertz CT molecular complexity index is 1270. The summed E-state index contributed by atoms with van der Waals surface area (Å²) in [6, 6.07) is 14.3. The maximum Gasteiger partial charge on any atom is 0.251 e. The molecule has 0 saturated carbocycles. The number of carbonyl (C=O) groups excluding carboxylic acids is 3. The number of nitrogens with zero attached hydrogens (tertiary/aromatic N) is 2. The van der Waals surface area contributed by atoms with Crippen molar-refractivity contribution < 1.29 is 29.0 Å². The molecule has 0 bridgehead atoms. The molecule has 2 atom stereocenters. The molecule has 3 saturated heterocycles. The topological polar surface area (TPSA) is 120 Å². The van der Waals surface area contributed by atoms with Gasteiger partial charge in [0.25, 0.3) is 5.91 Å². The minimum Gasteiger partial charge on any atom is -0.497 e. The van der Waals surface area contributed by atoms with Gasteiger partial charge < -0.3 is 30.1 Å². The van der Waals surface area contributed by atoms with Crippen LogP contribution < -0.4 is 15.4 Å². The van der Waals surface area contributed by atoms with Gasteiger partial charge in [-0.25, -0.2) is 0 Å². The molecule has 3 amide bonds. The summed E-state index contributed by atoms with van der Waals surface area (Å²) in [7, 11) is 1.62. The second-order valence-corrected chi connectivity index (χ2v) is 12.3. The number of ether oxygens (including phenoxy) is 2. The number of rotatable bonds is 11. The van der Waals surface area contributed by atoms with Crippen molar-refractivity contribution >= 4 is 17.7 Å². The van der Waals surface area contributed by atoms with E-state index >= 15 is 0 Å². The first-order chi connectivity index (χ1) is 21.3. The number of amides is 3. The smallest absolute Gasteiger partial charge is 0.251 e. The predicted octanol–water partition coefficient (Wildman–Crippen LogP) is 2.87. The first-order valence-corrected chi connectivity index (χ1v) is 16.0. The van der Waals surface area contributed by atoms with Crippen LogP contribution in [0.15, 0.2) is 48.5 Å². The molecule has 44 heavy (non-hydrogen) atoms. The lowest BCUT2D eigenvalue weighted by atomic mass is 9.79. The summed E-state index contributed by atoms with van der Waals surface area (Å²) in [4.78, 5) is 44.3. The van der Waals surface area contributed by atoms with Crippen LogP contribution in [-0.2, 0) is 27.4 Å². The summed E-state index contributed by atoms with van der Waals surface area (Å²) in [5.74, 6) is 0.277. The van der Waals surface area contributed by atoms with Gasteiger partial charge in [0.15, 0.2) is 0 Å². The lowest BCUT2D eigenvalue weighted by molar-refractivity contribution is -0.166. The largest absolute Gasteiger partial charge is 0.497 e. The van der Waals surface area contributed by atoms with Crippen molar-refractivity contribution in [3.63, 3.8) is 0 Å². The Hall–Kier alpha value is -3.47. The molecule has 10 nitrogen and oxygen atoms in total. The van der Waals surface area contributed by atoms with Gasteiger partial charge in [-0.15, -0.1) is 0 Å². The number of carbonyl (C=O) groups is 3. The van der Waals surface area contributed by atoms with Gasteiger partial charge in [0, 0.05) is 51.5 Å². The number of piperidine rings is 1. The SMILES string of the molecule is CCCCN1C(=O)[C@@H]([C@H](O)C2CCOCC2)NC(=O)C12CCN(Cc1ccc(C(=O)NCc3ccc(OC)cc3)cc1)CC2. The van der Waals surface area contributed by atoms with E-state index in [0.717, 1.165) is 29.7 Å². The zero-order valence-electron chi connectivity index (χ0n) is 25.9. The van der Waals surface area contributed by atoms with E-state index in [2.05, 4.69) is 22.5 Å². The van der Waals surface area contributed by atoms with Gasteiger partial charge >= 0.3 is 0 Å². The van der Waals surface area contributed by atoms with Crippen molar-refractivity contribution in [2.75, 3.05) is 40.0 Å². The fourth-order valence-electron chi connectivity index (χ4n) is 6.67. The average Bonchev–Trinajstić information content (AvgIpc) is 3.07. The summed E-state index contributed by atoms with van der Waals surface area (Å²) in [5.41, 5.74) is 1.78. The highest BCUT2D eigenvalue weighted by Crippen LogP contribution is 2.35. The quantitative estimate of drug-likeness (QED) is 0.360. The number of methoxy groups -OCH3 is 1. The third-order valence-corrected chi connectivity index (χ3v) is 9.50. The van der Waals surface area contributed by atoms with E-state index in [1.54, 1.807) is 12.0 Å².